The highest BCUT2D eigenvalue weighted by Gasteiger charge is 2.40. The number of aromatic nitrogens is 5. The Hall–Kier alpha value is -6.26. The van der Waals surface area contributed by atoms with Crippen LogP contribution in [0.25, 0.3) is 27.6 Å². The topological polar surface area (TPSA) is 132 Å². The van der Waals surface area contributed by atoms with Crippen molar-refractivity contribution in [3.8, 4) is 5.69 Å². The largest absolute Gasteiger partial charge is 0.480 e. The molecule has 2 N–H and O–H groups in total. The van der Waals surface area contributed by atoms with E-state index in [1.165, 1.54) is 17.1 Å². The number of rotatable bonds is 9. The zero-order valence-electron chi connectivity index (χ0n) is 25.9. The SMILES string of the molecule is Cn1c(=O)n(-c2ccc(CC(NC(c3ccccc3)(c3ccccc3)c3ccccc3)C(=O)O)c3cccnc23)c(=O)c2cncnc21. The number of benzene rings is 4. The van der Waals surface area contributed by atoms with E-state index in [1.807, 2.05) is 97.1 Å². The molecule has 10 nitrogen and oxygen atoms in total. The number of carboxylic acids is 1. The first-order valence-corrected chi connectivity index (χ1v) is 15.4. The molecule has 7 rings (SSSR count). The van der Waals surface area contributed by atoms with E-state index >= 15 is 0 Å². The van der Waals surface area contributed by atoms with E-state index in [0.29, 0.717) is 16.5 Å². The highest BCUT2D eigenvalue weighted by molar-refractivity contribution is 5.90. The molecule has 0 amide bonds. The quantitative estimate of drug-likeness (QED) is 0.220. The molecular weight excluding hydrogens is 604 g/mol. The van der Waals surface area contributed by atoms with Crippen molar-refractivity contribution in [2.24, 2.45) is 7.05 Å². The lowest BCUT2D eigenvalue weighted by atomic mass is 9.76. The number of carbonyl (C=O) groups is 1. The fraction of sp³-hybridized carbons (Fsp3) is 0.105. The molecule has 0 saturated heterocycles. The normalized spacial score (nSPS) is 12.3. The number of nitrogens with zero attached hydrogens (tertiary/aromatic N) is 5. The molecule has 3 heterocycles. The monoisotopic (exact) mass is 634 g/mol. The van der Waals surface area contributed by atoms with E-state index in [9.17, 15) is 19.5 Å². The van der Waals surface area contributed by atoms with Gasteiger partial charge in [0, 0.05) is 24.8 Å². The van der Waals surface area contributed by atoms with Crippen molar-refractivity contribution in [3.63, 3.8) is 0 Å². The summed E-state index contributed by atoms with van der Waals surface area (Å²) < 4.78 is 2.35. The Kier molecular flexibility index (Phi) is 7.92. The van der Waals surface area contributed by atoms with Gasteiger partial charge in [0.25, 0.3) is 5.56 Å². The predicted octanol–water partition coefficient (Wildman–Crippen LogP) is 4.61. The minimum atomic E-state index is -1.08. The van der Waals surface area contributed by atoms with Gasteiger partial charge in [0.05, 0.1) is 16.7 Å². The van der Waals surface area contributed by atoms with Crippen LogP contribution in [-0.2, 0) is 23.8 Å². The average molecular weight is 635 g/mol. The molecule has 0 spiro atoms. The van der Waals surface area contributed by atoms with Gasteiger partial charge in [-0.2, -0.15) is 0 Å². The van der Waals surface area contributed by atoms with Crippen molar-refractivity contribution in [1.29, 1.82) is 0 Å². The molecule has 48 heavy (non-hydrogen) atoms. The van der Waals surface area contributed by atoms with E-state index < -0.39 is 28.8 Å². The van der Waals surface area contributed by atoms with Gasteiger partial charge in [0.15, 0.2) is 5.65 Å². The van der Waals surface area contributed by atoms with Gasteiger partial charge in [-0.3, -0.25) is 24.5 Å². The summed E-state index contributed by atoms with van der Waals surface area (Å²) in [5, 5.41) is 15.1. The highest BCUT2D eigenvalue weighted by atomic mass is 16.4. The number of nitrogens with one attached hydrogen (secondary N) is 1. The van der Waals surface area contributed by atoms with Crippen LogP contribution in [0.1, 0.15) is 22.3 Å². The molecule has 0 aliphatic heterocycles. The number of pyridine rings is 1. The molecule has 236 valence electrons. The first kappa shape index (κ1) is 30.4. The Morgan fingerprint density at radius 1 is 0.792 bits per heavy atom. The summed E-state index contributed by atoms with van der Waals surface area (Å²) in [6.45, 7) is 0. The molecule has 1 unspecified atom stereocenters. The lowest BCUT2D eigenvalue weighted by Gasteiger charge is -2.39. The third kappa shape index (κ3) is 5.14. The molecule has 7 aromatic rings. The summed E-state index contributed by atoms with van der Waals surface area (Å²) in [6.07, 6.45) is 4.32. The van der Waals surface area contributed by atoms with E-state index in [1.54, 1.807) is 31.4 Å². The van der Waals surface area contributed by atoms with Gasteiger partial charge >= 0.3 is 11.7 Å². The van der Waals surface area contributed by atoms with E-state index in [4.69, 9.17) is 0 Å². The van der Waals surface area contributed by atoms with Crippen molar-refractivity contribution in [2.75, 3.05) is 0 Å². The van der Waals surface area contributed by atoms with Crippen molar-refractivity contribution in [3.05, 3.63) is 177 Å². The maximum absolute atomic E-state index is 13.6. The number of fused-ring (bicyclic) bond motifs is 2. The van der Waals surface area contributed by atoms with Gasteiger partial charge in [0.2, 0.25) is 0 Å². The molecule has 0 aliphatic rings. The van der Waals surface area contributed by atoms with Crippen molar-refractivity contribution in [1.82, 2.24) is 29.4 Å². The molecule has 0 fully saturated rings. The molecule has 0 bridgehead atoms. The second-order valence-corrected chi connectivity index (χ2v) is 11.5. The molecule has 1 atom stereocenters. The van der Waals surface area contributed by atoms with E-state index in [0.717, 1.165) is 21.3 Å². The smallest absolute Gasteiger partial charge is 0.337 e. The Bertz CT molecular complexity index is 2300. The summed E-state index contributed by atoms with van der Waals surface area (Å²) in [6, 6.07) is 35.3. The third-order valence-corrected chi connectivity index (χ3v) is 8.73. The first-order chi connectivity index (χ1) is 23.4. The molecule has 4 aromatic carbocycles. The summed E-state index contributed by atoms with van der Waals surface area (Å²) in [4.78, 5) is 53.0. The zero-order valence-corrected chi connectivity index (χ0v) is 25.9. The lowest BCUT2D eigenvalue weighted by Crippen LogP contribution is -2.53. The first-order valence-electron chi connectivity index (χ1n) is 15.4. The van der Waals surface area contributed by atoms with Crippen LogP contribution in [0.4, 0.5) is 0 Å². The molecular formula is C38H30N6O4. The van der Waals surface area contributed by atoms with Crippen LogP contribution in [0, 0.1) is 0 Å². The number of aryl methyl sites for hydroxylation is 1. The fourth-order valence-electron chi connectivity index (χ4n) is 6.47. The Morgan fingerprint density at radius 3 is 1.98 bits per heavy atom. The molecule has 3 aromatic heterocycles. The van der Waals surface area contributed by atoms with E-state index in [-0.39, 0.29) is 23.1 Å². The molecule has 0 aliphatic carbocycles. The van der Waals surface area contributed by atoms with Crippen LogP contribution in [-0.4, -0.2) is 41.2 Å². The summed E-state index contributed by atoms with van der Waals surface area (Å²) in [5.74, 6) is -1.04. The van der Waals surface area contributed by atoms with Gasteiger partial charge in [-0.05, 0) is 40.8 Å². The van der Waals surface area contributed by atoms with Crippen molar-refractivity contribution < 1.29 is 9.90 Å². The molecule has 10 heteroatoms. The fourth-order valence-corrected chi connectivity index (χ4v) is 6.47. The second-order valence-electron chi connectivity index (χ2n) is 11.5. The number of hydrogen-bond acceptors (Lipinski definition) is 7. The van der Waals surface area contributed by atoms with Gasteiger partial charge in [-0.1, -0.05) is 103 Å². The van der Waals surface area contributed by atoms with Crippen LogP contribution < -0.4 is 16.6 Å². The van der Waals surface area contributed by atoms with Gasteiger partial charge in [0.1, 0.15) is 17.8 Å². The van der Waals surface area contributed by atoms with Crippen molar-refractivity contribution in [2.45, 2.75) is 18.0 Å². The molecule has 0 radical (unpaired) electrons. The number of carboxylic acid groups (broad SMARTS) is 1. The predicted molar refractivity (Wildman–Crippen MR) is 183 cm³/mol. The van der Waals surface area contributed by atoms with Crippen LogP contribution in [0.5, 0.6) is 0 Å². The maximum atomic E-state index is 13.6. The second kappa shape index (κ2) is 12.5. The van der Waals surface area contributed by atoms with Crippen LogP contribution in [0.15, 0.2) is 144 Å². The minimum Gasteiger partial charge on any atom is -0.480 e. The third-order valence-electron chi connectivity index (χ3n) is 8.73. The summed E-state index contributed by atoms with van der Waals surface area (Å²) >= 11 is 0. The Labute approximate surface area is 274 Å². The van der Waals surface area contributed by atoms with Gasteiger partial charge in [-0.15, -0.1) is 0 Å². The van der Waals surface area contributed by atoms with Gasteiger partial charge in [-0.25, -0.2) is 19.3 Å². The summed E-state index contributed by atoms with van der Waals surface area (Å²) in [7, 11) is 1.54. The maximum Gasteiger partial charge on any atom is 0.337 e. The number of aliphatic carboxylic acids is 1. The van der Waals surface area contributed by atoms with Crippen LogP contribution in [0.3, 0.4) is 0 Å². The molecule has 0 saturated carbocycles. The average Bonchev–Trinajstić information content (AvgIpc) is 3.14. The van der Waals surface area contributed by atoms with Gasteiger partial charge < -0.3 is 5.11 Å². The zero-order chi connectivity index (χ0) is 33.3. The number of hydrogen-bond donors (Lipinski definition) is 2. The summed E-state index contributed by atoms with van der Waals surface area (Å²) in [5.41, 5.74) is 2.02. The van der Waals surface area contributed by atoms with Crippen LogP contribution >= 0.6 is 0 Å². The Balaban J connectivity index is 1.38. The van der Waals surface area contributed by atoms with Crippen LogP contribution in [0.2, 0.25) is 0 Å². The Morgan fingerprint density at radius 2 is 1.40 bits per heavy atom. The van der Waals surface area contributed by atoms with E-state index in [2.05, 4.69) is 20.3 Å². The standard InChI is InChI=1S/C38H30N6O4/c1-43-34-30(23-39-24-41-34)35(45)44(37(43)48)32-20-19-25(29-18-11-21-40-33(29)32)22-31(36(46)47)42-38(26-12-5-2-6-13-26,27-14-7-3-8-15-27)28-16-9-4-10-17-28/h2-21,23-24,31,42H,22H2,1H3,(H,46,47). The minimum absolute atomic E-state index is 0.0739. The highest BCUT2D eigenvalue weighted by Crippen LogP contribution is 2.38. The lowest BCUT2D eigenvalue weighted by molar-refractivity contribution is -0.139. The van der Waals surface area contributed by atoms with Crippen molar-refractivity contribution >= 4 is 27.9 Å².